The Hall–Kier alpha value is -2.43. The third kappa shape index (κ3) is 2.85. The second-order valence-corrected chi connectivity index (χ2v) is 7.83. The SMILES string of the molecule is Cc1c(N2CCC(c3ccccc3)CC2)cnn2c(CC3CC3)nnc12. The zero-order valence-corrected chi connectivity index (χ0v) is 15.3. The molecule has 0 bridgehead atoms. The van der Waals surface area contributed by atoms with Gasteiger partial charge in [-0.05, 0) is 50.0 Å². The van der Waals surface area contributed by atoms with E-state index in [9.17, 15) is 0 Å². The van der Waals surface area contributed by atoms with Gasteiger partial charge in [0.1, 0.15) is 0 Å². The third-order valence-corrected chi connectivity index (χ3v) is 6.00. The van der Waals surface area contributed by atoms with E-state index in [1.165, 1.54) is 42.5 Å². The van der Waals surface area contributed by atoms with E-state index in [2.05, 4.69) is 57.5 Å². The molecule has 1 aliphatic carbocycles. The van der Waals surface area contributed by atoms with Gasteiger partial charge in [-0.3, -0.25) is 0 Å². The minimum Gasteiger partial charge on any atom is -0.370 e. The monoisotopic (exact) mass is 347 g/mol. The summed E-state index contributed by atoms with van der Waals surface area (Å²) in [5, 5.41) is 13.5. The smallest absolute Gasteiger partial charge is 0.182 e. The molecule has 1 aromatic carbocycles. The predicted octanol–water partition coefficient (Wildman–Crippen LogP) is 3.77. The maximum absolute atomic E-state index is 4.69. The minimum atomic E-state index is 0.669. The summed E-state index contributed by atoms with van der Waals surface area (Å²) in [6.45, 7) is 4.30. The van der Waals surface area contributed by atoms with Gasteiger partial charge in [0.25, 0.3) is 0 Å². The lowest BCUT2D eigenvalue weighted by molar-refractivity contribution is 0.504. The first kappa shape index (κ1) is 15.8. The molecule has 0 unspecified atom stereocenters. The van der Waals surface area contributed by atoms with Crippen molar-refractivity contribution in [2.24, 2.45) is 5.92 Å². The van der Waals surface area contributed by atoms with E-state index < -0.39 is 0 Å². The number of nitrogens with zero attached hydrogens (tertiary/aromatic N) is 5. The molecule has 0 radical (unpaired) electrons. The van der Waals surface area contributed by atoms with E-state index in [0.29, 0.717) is 5.92 Å². The highest BCUT2D eigenvalue weighted by Gasteiger charge is 2.26. The first-order valence-corrected chi connectivity index (χ1v) is 9.79. The highest BCUT2D eigenvalue weighted by molar-refractivity contribution is 5.63. The number of hydrogen-bond acceptors (Lipinski definition) is 4. The van der Waals surface area contributed by atoms with Crippen LogP contribution in [0.3, 0.4) is 0 Å². The van der Waals surface area contributed by atoms with E-state index in [1.807, 2.05) is 10.7 Å². The van der Waals surface area contributed by atoms with Crippen LogP contribution < -0.4 is 4.90 Å². The normalized spacial score (nSPS) is 18.6. The summed E-state index contributed by atoms with van der Waals surface area (Å²) in [4.78, 5) is 2.47. The molecule has 2 aliphatic rings. The molecule has 3 heterocycles. The lowest BCUT2D eigenvalue weighted by Crippen LogP contribution is -2.33. The molecule has 0 atom stereocenters. The largest absolute Gasteiger partial charge is 0.370 e. The summed E-state index contributed by atoms with van der Waals surface area (Å²) >= 11 is 0. The first-order valence-electron chi connectivity index (χ1n) is 9.79. The molecule has 5 nitrogen and oxygen atoms in total. The summed E-state index contributed by atoms with van der Waals surface area (Å²) in [7, 11) is 0. The number of benzene rings is 1. The Morgan fingerprint density at radius 1 is 1.00 bits per heavy atom. The number of aromatic nitrogens is 4. The second kappa shape index (κ2) is 6.38. The molecule has 3 aromatic rings. The molecular weight excluding hydrogens is 322 g/mol. The fraction of sp³-hybridized carbons (Fsp3) is 0.476. The van der Waals surface area contributed by atoms with Crippen molar-refractivity contribution in [2.75, 3.05) is 18.0 Å². The van der Waals surface area contributed by atoms with E-state index in [1.54, 1.807) is 0 Å². The fourth-order valence-electron chi connectivity index (χ4n) is 4.20. The van der Waals surface area contributed by atoms with Crippen molar-refractivity contribution in [3.63, 3.8) is 0 Å². The number of rotatable bonds is 4. The predicted molar refractivity (Wildman–Crippen MR) is 103 cm³/mol. The fourth-order valence-corrected chi connectivity index (χ4v) is 4.20. The Morgan fingerprint density at radius 2 is 1.77 bits per heavy atom. The molecule has 0 N–H and O–H groups in total. The maximum atomic E-state index is 4.69. The summed E-state index contributed by atoms with van der Waals surface area (Å²) in [6, 6.07) is 10.9. The minimum absolute atomic E-state index is 0.669. The molecule has 1 saturated heterocycles. The van der Waals surface area contributed by atoms with Crippen LogP contribution in [0.25, 0.3) is 5.65 Å². The maximum Gasteiger partial charge on any atom is 0.182 e. The molecule has 134 valence electrons. The Balaban J connectivity index is 1.35. The van der Waals surface area contributed by atoms with Crippen LogP contribution in [0, 0.1) is 12.8 Å². The quantitative estimate of drug-likeness (QED) is 0.721. The highest BCUT2D eigenvalue weighted by Crippen LogP contribution is 2.34. The van der Waals surface area contributed by atoms with Crippen LogP contribution in [0.2, 0.25) is 0 Å². The molecule has 0 amide bonds. The van der Waals surface area contributed by atoms with Gasteiger partial charge in [-0.2, -0.15) is 9.61 Å². The van der Waals surface area contributed by atoms with Crippen LogP contribution in [-0.2, 0) is 6.42 Å². The number of aryl methyl sites for hydroxylation is 1. The molecule has 1 saturated carbocycles. The van der Waals surface area contributed by atoms with E-state index in [4.69, 9.17) is 0 Å². The van der Waals surface area contributed by atoms with Gasteiger partial charge < -0.3 is 4.90 Å². The summed E-state index contributed by atoms with van der Waals surface area (Å²) < 4.78 is 1.95. The molecule has 0 spiro atoms. The van der Waals surface area contributed by atoms with Crippen LogP contribution in [0.15, 0.2) is 36.5 Å². The van der Waals surface area contributed by atoms with Gasteiger partial charge in [-0.1, -0.05) is 30.3 Å². The van der Waals surface area contributed by atoms with Gasteiger partial charge in [0, 0.05) is 25.1 Å². The van der Waals surface area contributed by atoms with Crippen LogP contribution in [-0.4, -0.2) is 32.9 Å². The van der Waals surface area contributed by atoms with Crippen molar-refractivity contribution in [1.82, 2.24) is 19.8 Å². The Kier molecular flexibility index (Phi) is 3.88. The second-order valence-electron chi connectivity index (χ2n) is 7.83. The van der Waals surface area contributed by atoms with Crippen molar-refractivity contribution in [1.29, 1.82) is 0 Å². The number of anilines is 1. The Labute approximate surface area is 154 Å². The average molecular weight is 347 g/mol. The molecular formula is C21H25N5. The van der Waals surface area contributed by atoms with Crippen molar-refractivity contribution in [3.8, 4) is 0 Å². The van der Waals surface area contributed by atoms with Crippen molar-refractivity contribution >= 4 is 11.3 Å². The van der Waals surface area contributed by atoms with Gasteiger partial charge in [0.15, 0.2) is 11.5 Å². The van der Waals surface area contributed by atoms with Gasteiger partial charge >= 0.3 is 0 Å². The molecule has 5 rings (SSSR count). The van der Waals surface area contributed by atoms with Crippen LogP contribution in [0.5, 0.6) is 0 Å². The first-order chi connectivity index (χ1) is 12.8. The van der Waals surface area contributed by atoms with E-state index in [0.717, 1.165) is 36.9 Å². The van der Waals surface area contributed by atoms with Crippen LogP contribution in [0.4, 0.5) is 5.69 Å². The molecule has 26 heavy (non-hydrogen) atoms. The lowest BCUT2D eigenvalue weighted by atomic mass is 9.89. The Morgan fingerprint density at radius 3 is 2.50 bits per heavy atom. The van der Waals surface area contributed by atoms with Crippen LogP contribution >= 0.6 is 0 Å². The molecule has 2 aromatic heterocycles. The van der Waals surface area contributed by atoms with Crippen molar-refractivity contribution in [3.05, 3.63) is 53.5 Å². The van der Waals surface area contributed by atoms with Gasteiger partial charge in [0.05, 0.1) is 11.9 Å². The lowest BCUT2D eigenvalue weighted by Gasteiger charge is -2.34. The Bertz CT molecular complexity index is 905. The number of piperidine rings is 1. The molecule has 2 fully saturated rings. The van der Waals surface area contributed by atoms with Crippen molar-refractivity contribution in [2.45, 2.75) is 44.9 Å². The molecule has 1 aliphatic heterocycles. The topological polar surface area (TPSA) is 46.3 Å². The van der Waals surface area contributed by atoms with Crippen molar-refractivity contribution < 1.29 is 0 Å². The van der Waals surface area contributed by atoms with Gasteiger partial charge in [0.2, 0.25) is 0 Å². The number of fused-ring (bicyclic) bond motifs is 1. The summed E-state index contributed by atoms with van der Waals surface area (Å²) in [6.07, 6.45) is 8.05. The number of hydrogen-bond donors (Lipinski definition) is 0. The standard InChI is InChI=1S/C21H25N5/c1-15-19(14-22-26-20(13-16-7-8-16)23-24-21(15)26)25-11-9-18(10-12-25)17-5-3-2-4-6-17/h2-6,14,16,18H,7-13H2,1H3. The van der Waals surface area contributed by atoms with Gasteiger partial charge in [-0.15, -0.1) is 10.2 Å². The average Bonchev–Trinajstić information content (AvgIpc) is 3.42. The third-order valence-electron chi connectivity index (χ3n) is 6.00. The summed E-state index contributed by atoms with van der Waals surface area (Å²) in [5.41, 5.74) is 4.81. The van der Waals surface area contributed by atoms with Gasteiger partial charge in [-0.25, -0.2) is 0 Å². The highest BCUT2D eigenvalue weighted by atomic mass is 15.4. The van der Waals surface area contributed by atoms with E-state index in [-0.39, 0.29) is 0 Å². The van der Waals surface area contributed by atoms with Crippen LogP contribution in [0.1, 0.15) is 48.6 Å². The summed E-state index contributed by atoms with van der Waals surface area (Å²) in [5.74, 6) is 2.48. The zero-order valence-electron chi connectivity index (χ0n) is 15.3. The molecule has 5 heteroatoms. The zero-order chi connectivity index (χ0) is 17.5. The van der Waals surface area contributed by atoms with E-state index >= 15 is 0 Å².